The average Bonchev–Trinajstić information content (AvgIpc) is 3.36. The molecule has 4 rings (SSSR count). The first kappa shape index (κ1) is 19.8. The summed E-state index contributed by atoms with van der Waals surface area (Å²) in [6, 6.07) is 7.83. The summed E-state index contributed by atoms with van der Waals surface area (Å²) >= 11 is 0. The van der Waals surface area contributed by atoms with Crippen molar-refractivity contribution in [2.75, 3.05) is 0 Å². The van der Waals surface area contributed by atoms with Crippen LogP contribution < -0.4 is 5.32 Å². The van der Waals surface area contributed by atoms with Crippen LogP contribution in [0.2, 0.25) is 0 Å². The molecule has 0 bridgehead atoms. The topological polar surface area (TPSA) is 110 Å². The number of aromatic amines is 1. The summed E-state index contributed by atoms with van der Waals surface area (Å²) in [6.45, 7) is 9.81. The fourth-order valence-electron chi connectivity index (χ4n) is 3.37. The van der Waals surface area contributed by atoms with Crippen LogP contribution in [-0.4, -0.2) is 31.0 Å². The molecular weight excluding hydrogens is 380 g/mol. The van der Waals surface area contributed by atoms with Crippen molar-refractivity contribution in [2.24, 2.45) is 0 Å². The van der Waals surface area contributed by atoms with Crippen LogP contribution in [0.5, 0.6) is 0 Å². The second-order valence-electron chi connectivity index (χ2n) is 8.40. The Morgan fingerprint density at radius 2 is 2.00 bits per heavy atom. The highest BCUT2D eigenvalue weighted by Gasteiger charge is 2.25. The van der Waals surface area contributed by atoms with Crippen LogP contribution in [0.3, 0.4) is 0 Å². The van der Waals surface area contributed by atoms with Gasteiger partial charge in [0, 0.05) is 22.6 Å². The maximum atomic E-state index is 12.6. The molecule has 8 heteroatoms. The van der Waals surface area contributed by atoms with Gasteiger partial charge in [0.15, 0.2) is 0 Å². The van der Waals surface area contributed by atoms with Gasteiger partial charge in [-0.15, -0.1) is 0 Å². The Morgan fingerprint density at radius 3 is 2.70 bits per heavy atom. The van der Waals surface area contributed by atoms with E-state index < -0.39 is 0 Å². The molecule has 154 valence electrons. The Labute approximate surface area is 174 Å². The van der Waals surface area contributed by atoms with Gasteiger partial charge in [-0.05, 0) is 37.1 Å². The van der Waals surface area contributed by atoms with Crippen LogP contribution in [0.1, 0.15) is 61.4 Å². The molecule has 4 aromatic rings. The molecule has 0 unspecified atom stereocenters. The van der Waals surface area contributed by atoms with Gasteiger partial charge < -0.3 is 14.8 Å². The third kappa shape index (κ3) is 3.68. The smallest absolute Gasteiger partial charge is 0.293 e. The fourth-order valence-corrected chi connectivity index (χ4v) is 3.37. The van der Waals surface area contributed by atoms with Gasteiger partial charge >= 0.3 is 0 Å². The molecule has 3 heterocycles. The van der Waals surface area contributed by atoms with Crippen LogP contribution >= 0.6 is 0 Å². The first-order valence-electron chi connectivity index (χ1n) is 9.78. The third-order valence-corrected chi connectivity index (χ3v) is 4.98. The summed E-state index contributed by atoms with van der Waals surface area (Å²) in [5.41, 5.74) is 4.41. The van der Waals surface area contributed by atoms with Gasteiger partial charge in [0.1, 0.15) is 12.0 Å². The molecule has 2 N–H and O–H groups in total. The van der Waals surface area contributed by atoms with E-state index in [0.717, 1.165) is 33.4 Å². The van der Waals surface area contributed by atoms with Gasteiger partial charge in [0.05, 0.1) is 11.7 Å². The molecule has 1 amide bonds. The normalized spacial score (nSPS) is 12.8. The molecule has 30 heavy (non-hydrogen) atoms. The number of carbonyl (C=O) groups is 1. The molecule has 0 aliphatic heterocycles. The lowest BCUT2D eigenvalue weighted by Crippen LogP contribution is -2.28. The highest BCUT2D eigenvalue weighted by atomic mass is 16.5. The second-order valence-corrected chi connectivity index (χ2v) is 8.40. The summed E-state index contributed by atoms with van der Waals surface area (Å²) in [5, 5.41) is 7.73. The lowest BCUT2D eigenvalue weighted by molar-refractivity contribution is 0.0926. The number of benzene rings is 1. The number of nitrogens with zero attached hydrogens (tertiary/aromatic N) is 4. The molecule has 0 fully saturated rings. The van der Waals surface area contributed by atoms with E-state index in [1.807, 2.05) is 59.0 Å². The zero-order valence-corrected chi connectivity index (χ0v) is 17.6. The van der Waals surface area contributed by atoms with E-state index in [1.165, 1.54) is 0 Å². The van der Waals surface area contributed by atoms with Crippen molar-refractivity contribution >= 4 is 16.9 Å². The predicted molar refractivity (Wildman–Crippen MR) is 113 cm³/mol. The average molecular weight is 404 g/mol. The lowest BCUT2D eigenvalue weighted by Gasteiger charge is -2.17. The summed E-state index contributed by atoms with van der Waals surface area (Å²) in [4.78, 5) is 28.6. The summed E-state index contributed by atoms with van der Waals surface area (Å²) in [7, 11) is 0. The molecule has 0 aliphatic carbocycles. The number of hydrogen-bond donors (Lipinski definition) is 2. The molecule has 0 saturated heterocycles. The third-order valence-electron chi connectivity index (χ3n) is 4.98. The van der Waals surface area contributed by atoms with Crippen molar-refractivity contribution in [3.63, 3.8) is 0 Å². The Bertz CT molecular complexity index is 1220. The summed E-state index contributed by atoms with van der Waals surface area (Å²) in [6.07, 6.45) is 3.40. The minimum Gasteiger partial charge on any atom is -0.346 e. The van der Waals surface area contributed by atoms with Crippen molar-refractivity contribution in [2.45, 2.75) is 46.1 Å². The number of H-pyrrole nitrogens is 1. The van der Waals surface area contributed by atoms with E-state index in [0.29, 0.717) is 5.89 Å². The van der Waals surface area contributed by atoms with Gasteiger partial charge in [-0.1, -0.05) is 38.1 Å². The van der Waals surface area contributed by atoms with E-state index in [-0.39, 0.29) is 23.2 Å². The van der Waals surface area contributed by atoms with Crippen LogP contribution in [-0.2, 0) is 5.41 Å². The van der Waals surface area contributed by atoms with E-state index >= 15 is 0 Å². The van der Waals surface area contributed by atoms with Gasteiger partial charge in [-0.3, -0.25) is 4.79 Å². The number of aryl methyl sites for hydroxylation is 1. The summed E-state index contributed by atoms with van der Waals surface area (Å²) in [5.74, 6) is 0.105. The van der Waals surface area contributed by atoms with Gasteiger partial charge in [0.2, 0.25) is 5.89 Å². The quantitative estimate of drug-likeness (QED) is 0.530. The Hall–Kier alpha value is -3.55. The van der Waals surface area contributed by atoms with Crippen LogP contribution in [0.4, 0.5) is 0 Å². The van der Waals surface area contributed by atoms with E-state index in [1.54, 1.807) is 6.33 Å². The number of nitrogens with one attached hydrogen (secondary N) is 2. The maximum absolute atomic E-state index is 12.6. The predicted octanol–water partition coefficient (Wildman–Crippen LogP) is 4.10. The van der Waals surface area contributed by atoms with Gasteiger partial charge in [-0.2, -0.15) is 4.98 Å². The van der Waals surface area contributed by atoms with Crippen molar-refractivity contribution in [3.8, 4) is 11.3 Å². The number of carbonyl (C=O) groups excluding carboxylic acids is 1. The first-order chi connectivity index (χ1) is 14.2. The standard InChI is InChI=1S/C22H24N6O2/c1-12-10-14(17-16-8-9-23-18(16)25-11-24-17)6-7-15(12)13(2)26-20(29)19-27-21(30-28-19)22(3,4)5/h6-11,13H,1-5H3,(H,26,29)(H,23,24,25)/t13-/m1/s1. The SMILES string of the molecule is Cc1cc(-c2ncnc3[nH]ccc23)ccc1[C@@H](C)NC(=O)c1noc(C(C)(C)C)n1. The zero-order chi connectivity index (χ0) is 21.5. The number of rotatable bonds is 4. The number of fused-ring (bicyclic) bond motifs is 1. The summed E-state index contributed by atoms with van der Waals surface area (Å²) < 4.78 is 5.22. The number of aromatic nitrogens is 5. The van der Waals surface area contributed by atoms with Crippen LogP contribution in [0.15, 0.2) is 41.3 Å². The largest absolute Gasteiger partial charge is 0.346 e. The second kappa shape index (κ2) is 7.37. The van der Waals surface area contributed by atoms with Crippen LogP contribution in [0.25, 0.3) is 22.3 Å². The van der Waals surface area contributed by atoms with E-state index in [4.69, 9.17) is 4.52 Å². The van der Waals surface area contributed by atoms with Crippen molar-refractivity contribution < 1.29 is 9.32 Å². The molecule has 3 aromatic heterocycles. The number of amides is 1. The van der Waals surface area contributed by atoms with E-state index in [9.17, 15) is 4.79 Å². The molecule has 1 aromatic carbocycles. The monoisotopic (exact) mass is 404 g/mol. The Kier molecular flexibility index (Phi) is 4.85. The Balaban J connectivity index is 1.55. The van der Waals surface area contributed by atoms with Gasteiger partial charge in [0.25, 0.3) is 11.7 Å². The molecule has 1 atom stereocenters. The fraction of sp³-hybridized carbons (Fsp3) is 0.318. The maximum Gasteiger partial charge on any atom is 0.293 e. The molecule has 0 radical (unpaired) electrons. The first-order valence-corrected chi connectivity index (χ1v) is 9.78. The molecule has 8 nitrogen and oxygen atoms in total. The highest BCUT2D eigenvalue weighted by Crippen LogP contribution is 2.28. The number of hydrogen-bond acceptors (Lipinski definition) is 6. The van der Waals surface area contributed by atoms with Crippen molar-refractivity contribution in [3.05, 3.63) is 59.6 Å². The molecule has 0 saturated carbocycles. The van der Waals surface area contributed by atoms with Crippen LogP contribution in [0, 0.1) is 6.92 Å². The molecular formula is C22H24N6O2. The minimum absolute atomic E-state index is 0.0388. The molecule has 0 aliphatic rings. The van der Waals surface area contributed by atoms with Gasteiger partial charge in [-0.25, -0.2) is 9.97 Å². The minimum atomic E-state index is -0.366. The van der Waals surface area contributed by atoms with Crippen molar-refractivity contribution in [1.29, 1.82) is 0 Å². The lowest BCUT2D eigenvalue weighted by atomic mass is 9.97. The zero-order valence-electron chi connectivity index (χ0n) is 17.6. The highest BCUT2D eigenvalue weighted by molar-refractivity contribution is 5.91. The van der Waals surface area contributed by atoms with E-state index in [2.05, 4.69) is 36.5 Å². The molecule has 0 spiro atoms. The van der Waals surface area contributed by atoms with Crippen molar-refractivity contribution in [1.82, 2.24) is 30.4 Å². The Morgan fingerprint density at radius 1 is 1.20 bits per heavy atom.